The number of aromatic nitrogens is 2. The number of aryl methyl sites for hydroxylation is 1. The van der Waals surface area contributed by atoms with E-state index in [0.29, 0.717) is 48.9 Å². The summed E-state index contributed by atoms with van der Waals surface area (Å²) >= 11 is 5.64. The van der Waals surface area contributed by atoms with Crippen LogP contribution in [0.2, 0.25) is 0 Å². The van der Waals surface area contributed by atoms with Crippen molar-refractivity contribution in [2.45, 2.75) is 20.3 Å². The fourth-order valence-corrected chi connectivity index (χ4v) is 1.91. The van der Waals surface area contributed by atoms with E-state index < -0.39 is 0 Å². The normalized spacial score (nSPS) is 10.4. The zero-order chi connectivity index (χ0) is 15.1. The van der Waals surface area contributed by atoms with Crippen LogP contribution in [0, 0.1) is 0 Å². The van der Waals surface area contributed by atoms with Crippen molar-refractivity contribution in [1.82, 2.24) is 10.2 Å². The molecule has 0 aliphatic heterocycles. The largest absolute Gasteiger partial charge is 0.494 e. The number of nitrogens with zero attached hydrogens (tertiary/aromatic N) is 2. The molecule has 0 unspecified atom stereocenters. The monoisotopic (exact) mass is 311 g/mol. The Balaban J connectivity index is 2.20. The second-order valence-electron chi connectivity index (χ2n) is 4.09. The average Bonchev–Trinajstić information content (AvgIpc) is 2.90. The third kappa shape index (κ3) is 4.26. The van der Waals surface area contributed by atoms with E-state index in [2.05, 4.69) is 15.5 Å². The second-order valence-corrected chi connectivity index (χ2v) is 4.47. The molecule has 0 spiro atoms. The van der Waals surface area contributed by atoms with Gasteiger partial charge in [0.25, 0.3) is 0 Å². The number of benzene rings is 1. The van der Waals surface area contributed by atoms with Crippen molar-refractivity contribution in [3.05, 3.63) is 24.1 Å². The summed E-state index contributed by atoms with van der Waals surface area (Å²) in [5.41, 5.74) is 0.712. The molecule has 21 heavy (non-hydrogen) atoms. The van der Waals surface area contributed by atoms with Gasteiger partial charge in [-0.2, -0.15) is 0 Å². The molecule has 6 nitrogen and oxygen atoms in total. The van der Waals surface area contributed by atoms with Crippen LogP contribution in [0.15, 0.2) is 22.6 Å². The van der Waals surface area contributed by atoms with Crippen LogP contribution in [0.3, 0.4) is 0 Å². The van der Waals surface area contributed by atoms with Crippen molar-refractivity contribution in [2.24, 2.45) is 0 Å². The molecule has 0 atom stereocenters. The molecule has 0 amide bonds. The van der Waals surface area contributed by atoms with E-state index in [4.69, 9.17) is 25.5 Å². The van der Waals surface area contributed by atoms with Gasteiger partial charge in [-0.1, -0.05) is 5.10 Å². The second kappa shape index (κ2) is 7.73. The maximum absolute atomic E-state index is 5.64. The Kier molecular flexibility index (Phi) is 5.68. The topological polar surface area (TPSA) is 69.4 Å². The molecule has 0 saturated heterocycles. The molecule has 0 radical (unpaired) electrons. The lowest BCUT2D eigenvalue weighted by Gasteiger charge is -2.12. The highest BCUT2D eigenvalue weighted by Crippen LogP contribution is 2.31. The average molecular weight is 312 g/mol. The number of hydrogen-bond donors (Lipinski definition) is 1. The molecule has 0 fully saturated rings. The van der Waals surface area contributed by atoms with Crippen molar-refractivity contribution in [1.29, 1.82) is 0 Å². The van der Waals surface area contributed by atoms with Gasteiger partial charge in [-0.25, -0.2) is 0 Å². The standard InChI is InChI=1S/C14H18ClN3O3/c1-3-19-10-5-6-12(20-4-2)11(9-10)16-14-18-17-13(21-14)7-8-15/h5-6,9H,3-4,7-8H2,1-2H3,(H,16,18). The van der Waals surface area contributed by atoms with E-state index in [9.17, 15) is 0 Å². The van der Waals surface area contributed by atoms with E-state index in [1.165, 1.54) is 0 Å². The maximum Gasteiger partial charge on any atom is 0.320 e. The van der Waals surface area contributed by atoms with Gasteiger partial charge in [0.2, 0.25) is 5.89 Å². The SMILES string of the molecule is CCOc1ccc(OCC)c(Nc2nnc(CCCl)o2)c1. The molecule has 1 aromatic carbocycles. The molecule has 0 bridgehead atoms. The lowest BCUT2D eigenvalue weighted by atomic mass is 10.2. The van der Waals surface area contributed by atoms with Crippen LogP contribution in [-0.2, 0) is 6.42 Å². The number of rotatable bonds is 8. The minimum absolute atomic E-state index is 0.296. The number of ether oxygens (including phenoxy) is 2. The van der Waals surface area contributed by atoms with Gasteiger partial charge in [0, 0.05) is 18.4 Å². The summed E-state index contributed by atoms with van der Waals surface area (Å²) in [5.74, 6) is 2.36. The van der Waals surface area contributed by atoms with Crippen LogP contribution < -0.4 is 14.8 Å². The van der Waals surface area contributed by atoms with Crippen LogP contribution in [0.5, 0.6) is 11.5 Å². The highest BCUT2D eigenvalue weighted by molar-refractivity contribution is 6.17. The van der Waals surface area contributed by atoms with E-state index in [1.54, 1.807) is 0 Å². The van der Waals surface area contributed by atoms with Gasteiger partial charge in [0.15, 0.2) is 0 Å². The molecule has 0 saturated carbocycles. The molecule has 114 valence electrons. The first kappa shape index (κ1) is 15.4. The first-order chi connectivity index (χ1) is 10.3. The summed E-state index contributed by atoms with van der Waals surface area (Å²) in [7, 11) is 0. The number of anilines is 2. The Labute approximate surface area is 128 Å². The third-order valence-electron chi connectivity index (χ3n) is 2.58. The number of halogens is 1. The predicted octanol–water partition coefficient (Wildman–Crippen LogP) is 3.39. The Morgan fingerprint density at radius 3 is 2.71 bits per heavy atom. The summed E-state index contributed by atoms with van der Waals surface area (Å²) in [5, 5.41) is 10.9. The van der Waals surface area contributed by atoms with Crippen molar-refractivity contribution in [2.75, 3.05) is 24.4 Å². The van der Waals surface area contributed by atoms with E-state index in [0.717, 1.165) is 5.75 Å². The molecule has 1 heterocycles. The first-order valence-corrected chi connectivity index (χ1v) is 7.35. The fourth-order valence-electron chi connectivity index (χ4n) is 1.75. The molecule has 2 aromatic rings. The van der Waals surface area contributed by atoms with Gasteiger partial charge >= 0.3 is 6.01 Å². The maximum atomic E-state index is 5.64. The summed E-state index contributed by atoms with van der Waals surface area (Å²) in [6.07, 6.45) is 0.535. The highest BCUT2D eigenvalue weighted by Gasteiger charge is 2.11. The number of alkyl halides is 1. The van der Waals surface area contributed by atoms with Gasteiger partial charge in [-0.15, -0.1) is 16.7 Å². The highest BCUT2D eigenvalue weighted by atomic mass is 35.5. The third-order valence-corrected chi connectivity index (χ3v) is 2.77. The summed E-state index contributed by atoms with van der Waals surface area (Å²) in [6, 6.07) is 5.82. The quantitative estimate of drug-likeness (QED) is 0.754. The Bertz CT molecular complexity index is 574. The Hall–Kier alpha value is -1.95. The smallest absolute Gasteiger partial charge is 0.320 e. The molecule has 7 heteroatoms. The van der Waals surface area contributed by atoms with Crippen molar-refractivity contribution < 1.29 is 13.9 Å². The fraction of sp³-hybridized carbons (Fsp3) is 0.429. The molecule has 1 aromatic heterocycles. The number of hydrogen-bond acceptors (Lipinski definition) is 6. The molecular formula is C14H18ClN3O3. The summed E-state index contributed by atoms with van der Waals surface area (Å²) in [6.45, 7) is 5.00. The van der Waals surface area contributed by atoms with Gasteiger partial charge < -0.3 is 19.2 Å². The van der Waals surface area contributed by atoms with E-state index in [-0.39, 0.29) is 0 Å². The van der Waals surface area contributed by atoms with Gasteiger partial charge in [-0.05, 0) is 26.0 Å². The number of nitrogens with one attached hydrogen (secondary N) is 1. The van der Waals surface area contributed by atoms with Crippen molar-refractivity contribution >= 4 is 23.3 Å². The lowest BCUT2D eigenvalue weighted by molar-refractivity contribution is 0.332. The van der Waals surface area contributed by atoms with E-state index in [1.807, 2.05) is 32.0 Å². The molecule has 0 aliphatic carbocycles. The molecule has 0 aliphatic rings. The minimum Gasteiger partial charge on any atom is -0.494 e. The molecule has 2 rings (SSSR count). The Morgan fingerprint density at radius 1 is 1.19 bits per heavy atom. The van der Waals surface area contributed by atoms with Gasteiger partial charge in [0.05, 0.1) is 18.9 Å². The molecular weight excluding hydrogens is 294 g/mol. The van der Waals surface area contributed by atoms with Crippen molar-refractivity contribution in [3.8, 4) is 11.5 Å². The zero-order valence-corrected chi connectivity index (χ0v) is 12.8. The van der Waals surface area contributed by atoms with Crippen LogP contribution in [0.25, 0.3) is 0 Å². The van der Waals surface area contributed by atoms with Crippen LogP contribution in [0.4, 0.5) is 11.7 Å². The van der Waals surface area contributed by atoms with Crippen LogP contribution in [-0.4, -0.2) is 29.3 Å². The minimum atomic E-state index is 0.296. The van der Waals surface area contributed by atoms with Crippen LogP contribution in [0.1, 0.15) is 19.7 Å². The molecule has 1 N–H and O–H groups in total. The first-order valence-electron chi connectivity index (χ1n) is 6.81. The van der Waals surface area contributed by atoms with E-state index >= 15 is 0 Å². The van der Waals surface area contributed by atoms with Gasteiger partial charge in [-0.3, -0.25) is 0 Å². The summed E-state index contributed by atoms with van der Waals surface area (Å²) in [4.78, 5) is 0. The predicted molar refractivity (Wildman–Crippen MR) is 80.8 cm³/mol. The lowest BCUT2D eigenvalue weighted by Crippen LogP contribution is -1.99. The van der Waals surface area contributed by atoms with Gasteiger partial charge in [0.1, 0.15) is 11.5 Å². The van der Waals surface area contributed by atoms with Crippen molar-refractivity contribution in [3.63, 3.8) is 0 Å². The Morgan fingerprint density at radius 2 is 2.00 bits per heavy atom. The summed E-state index contributed by atoms with van der Waals surface area (Å²) < 4.78 is 16.5. The zero-order valence-electron chi connectivity index (χ0n) is 12.1. The van der Waals surface area contributed by atoms with Crippen LogP contribution >= 0.6 is 11.6 Å².